The molecule has 22 heavy (non-hydrogen) atoms. The van der Waals surface area contributed by atoms with Crippen molar-refractivity contribution in [2.24, 2.45) is 0 Å². The summed E-state index contributed by atoms with van der Waals surface area (Å²) in [6, 6.07) is 6.16. The first-order valence-electron chi connectivity index (χ1n) is 7.85. The van der Waals surface area contributed by atoms with Gasteiger partial charge in [-0.1, -0.05) is 44.2 Å². The van der Waals surface area contributed by atoms with E-state index in [0.717, 1.165) is 36.1 Å². The molecule has 1 aromatic carbocycles. The van der Waals surface area contributed by atoms with E-state index in [1.807, 2.05) is 25.1 Å². The van der Waals surface area contributed by atoms with Crippen molar-refractivity contribution in [2.45, 2.75) is 40.0 Å². The summed E-state index contributed by atoms with van der Waals surface area (Å²) in [6.07, 6.45) is 6.62. The Morgan fingerprint density at radius 2 is 1.91 bits per heavy atom. The number of alkyl halides is 1. The molecule has 0 N–H and O–H groups in total. The lowest BCUT2D eigenvalue weighted by atomic mass is 10.0. The minimum absolute atomic E-state index is 0.0422. The van der Waals surface area contributed by atoms with E-state index in [1.165, 1.54) is 0 Å². The Morgan fingerprint density at radius 1 is 1.27 bits per heavy atom. The lowest BCUT2D eigenvalue weighted by molar-refractivity contribution is -0.117. The van der Waals surface area contributed by atoms with Crippen LogP contribution in [0.5, 0.6) is 0 Å². The Bertz CT molecular complexity index is 478. The lowest BCUT2D eigenvalue weighted by Crippen LogP contribution is -2.35. The Hall–Kier alpha value is -1.32. The number of anilines is 1. The van der Waals surface area contributed by atoms with E-state index < -0.39 is 0 Å². The summed E-state index contributed by atoms with van der Waals surface area (Å²) in [4.78, 5) is 13.9. The number of rotatable bonds is 9. The van der Waals surface area contributed by atoms with Crippen LogP contribution in [-0.4, -0.2) is 25.1 Å². The second-order valence-electron chi connectivity index (χ2n) is 4.98. The number of halogens is 1. The third-order valence-corrected chi connectivity index (χ3v) is 3.76. The van der Waals surface area contributed by atoms with Gasteiger partial charge in [0.05, 0.1) is 12.3 Å². The Kier molecular flexibility index (Phi) is 8.86. The van der Waals surface area contributed by atoms with Crippen LogP contribution in [0.25, 0.3) is 0 Å². The minimum atomic E-state index is -0.122. The second kappa shape index (κ2) is 10.4. The molecule has 0 fully saturated rings. The summed E-state index contributed by atoms with van der Waals surface area (Å²) >= 11 is 5.79. The predicted octanol–water partition coefficient (Wildman–Crippen LogP) is 4.32. The molecule has 1 aromatic rings. The van der Waals surface area contributed by atoms with Crippen molar-refractivity contribution >= 4 is 23.2 Å². The molecule has 0 spiro atoms. The first-order valence-corrected chi connectivity index (χ1v) is 8.38. The van der Waals surface area contributed by atoms with Gasteiger partial charge in [0.1, 0.15) is 12.6 Å². The quantitative estimate of drug-likeness (QED) is 0.293. The third-order valence-electron chi connectivity index (χ3n) is 3.54. The zero-order chi connectivity index (χ0) is 16.4. The average molecular weight is 324 g/mol. The number of para-hydroxylation sites is 1. The van der Waals surface area contributed by atoms with E-state index in [0.29, 0.717) is 6.61 Å². The number of amides is 1. The van der Waals surface area contributed by atoms with Crippen LogP contribution in [0.15, 0.2) is 30.4 Å². The number of benzene rings is 1. The van der Waals surface area contributed by atoms with Crippen molar-refractivity contribution < 1.29 is 9.53 Å². The smallest absolute Gasteiger partial charge is 0.243 e. The van der Waals surface area contributed by atoms with E-state index in [4.69, 9.17) is 16.3 Å². The topological polar surface area (TPSA) is 29.5 Å². The van der Waals surface area contributed by atoms with Gasteiger partial charge >= 0.3 is 0 Å². The minimum Gasteiger partial charge on any atom is -0.360 e. The van der Waals surface area contributed by atoms with Crippen LogP contribution < -0.4 is 4.90 Å². The molecule has 1 amide bonds. The van der Waals surface area contributed by atoms with Crippen LogP contribution in [-0.2, 0) is 22.4 Å². The molecule has 0 saturated carbocycles. The summed E-state index contributed by atoms with van der Waals surface area (Å²) in [5.74, 6) is -0.164. The standard InChI is InChI=1S/C18H26ClNO2/c1-4-7-8-12-22-14-20(17(21)13-19)18-15(5-2)10-9-11-16(18)6-3/h4,7,9-11H,5-6,8,12-14H2,1-3H3/b7-4-. The summed E-state index contributed by atoms with van der Waals surface area (Å²) in [7, 11) is 0. The fraction of sp³-hybridized carbons (Fsp3) is 0.500. The van der Waals surface area contributed by atoms with Crippen molar-refractivity contribution in [2.75, 3.05) is 24.1 Å². The SMILES string of the molecule is C/C=C\CCOCN(C(=O)CCl)c1c(CC)cccc1CC. The Balaban J connectivity index is 2.99. The van der Waals surface area contributed by atoms with Gasteiger partial charge in [-0.2, -0.15) is 0 Å². The van der Waals surface area contributed by atoms with Gasteiger partial charge in [-0.15, -0.1) is 11.6 Å². The molecule has 0 radical (unpaired) electrons. The van der Waals surface area contributed by atoms with Crippen LogP contribution in [0.1, 0.15) is 38.3 Å². The summed E-state index contributed by atoms with van der Waals surface area (Å²) in [6.45, 7) is 7.00. The molecule has 4 heteroatoms. The van der Waals surface area contributed by atoms with E-state index in [1.54, 1.807) is 4.90 Å². The number of nitrogens with zero attached hydrogens (tertiary/aromatic N) is 1. The number of ether oxygens (including phenoxy) is 1. The molecule has 0 heterocycles. The molecule has 0 atom stereocenters. The van der Waals surface area contributed by atoms with Crippen LogP contribution in [0.4, 0.5) is 5.69 Å². The molecule has 1 rings (SSSR count). The van der Waals surface area contributed by atoms with Gasteiger partial charge in [0.25, 0.3) is 0 Å². The van der Waals surface area contributed by atoms with Crippen molar-refractivity contribution in [1.29, 1.82) is 0 Å². The Morgan fingerprint density at radius 3 is 2.41 bits per heavy atom. The number of carbonyl (C=O) groups excluding carboxylic acids is 1. The maximum absolute atomic E-state index is 12.3. The predicted molar refractivity (Wildman–Crippen MR) is 93.7 cm³/mol. The molecule has 0 aliphatic carbocycles. The van der Waals surface area contributed by atoms with Crippen molar-refractivity contribution in [3.8, 4) is 0 Å². The van der Waals surface area contributed by atoms with Crippen LogP contribution in [0, 0.1) is 0 Å². The van der Waals surface area contributed by atoms with Crippen LogP contribution in [0.2, 0.25) is 0 Å². The maximum atomic E-state index is 12.3. The van der Waals surface area contributed by atoms with Gasteiger partial charge in [-0.05, 0) is 37.3 Å². The number of allylic oxidation sites excluding steroid dienone is 1. The largest absolute Gasteiger partial charge is 0.360 e. The average Bonchev–Trinajstić information content (AvgIpc) is 2.57. The summed E-state index contributed by atoms with van der Waals surface area (Å²) < 4.78 is 5.67. The second-order valence-corrected chi connectivity index (χ2v) is 5.25. The monoisotopic (exact) mass is 323 g/mol. The zero-order valence-corrected chi connectivity index (χ0v) is 14.5. The molecule has 0 bridgehead atoms. The van der Waals surface area contributed by atoms with Crippen molar-refractivity contribution in [3.05, 3.63) is 41.5 Å². The molecule has 0 unspecified atom stereocenters. The van der Waals surface area contributed by atoms with E-state index in [-0.39, 0.29) is 18.5 Å². The first kappa shape index (κ1) is 18.7. The highest BCUT2D eigenvalue weighted by Gasteiger charge is 2.20. The van der Waals surface area contributed by atoms with Crippen LogP contribution in [0.3, 0.4) is 0 Å². The van der Waals surface area contributed by atoms with E-state index >= 15 is 0 Å². The van der Waals surface area contributed by atoms with Crippen molar-refractivity contribution in [3.63, 3.8) is 0 Å². The summed E-state index contributed by atoms with van der Waals surface area (Å²) in [5, 5.41) is 0. The fourth-order valence-corrected chi connectivity index (χ4v) is 2.51. The van der Waals surface area contributed by atoms with Gasteiger partial charge in [0.15, 0.2) is 0 Å². The number of hydrogen-bond acceptors (Lipinski definition) is 2. The molecular formula is C18H26ClNO2. The van der Waals surface area contributed by atoms with E-state index in [2.05, 4.69) is 26.0 Å². The highest BCUT2D eigenvalue weighted by molar-refractivity contribution is 6.29. The highest BCUT2D eigenvalue weighted by Crippen LogP contribution is 2.27. The van der Waals surface area contributed by atoms with Gasteiger partial charge in [0.2, 0.25) is 5.91 Å². The number of aryl methyl sites for hydroxylation is 2. The van der Waals surface area contributed by atoms with Crippen molar-refractivity contribution in [1.82, 2.24) is 0 Å². The third kappa shape index (κ3) is 5.15. The highest BCUT2D eigenvalue weighted by atomic mass is 35.5. The fourth-order valence-electron chi connectivity index (χ4n) is 2.37. The van der Waals surface area contributed by atoms with Crippen LogP contribution >= 0.6 is 11.6 Å². The first-order chi connectivity index (χ1) is 10.7. The number of carbonyl (C=O) groups is 1. The lowest BCUT2D eigenvalue weighted by Gasteiger charge is -2.26. The normalized spacial score (nSPS) is 11.1. The molecule has 3 nitrogen and oxygen atoms in total. The van der Waals surface area contributed by atoms with Gasteiger partial charge < -0.3 is 4.74 Å². The maximum Gasteiger partial charge on any atom is 0.243 e. The molecule has 0 aliphatic rings. The van der Waals surface area contributed by atoms with Gasteiger partial charge in [-0.25, -0.2) is 0 Å². The van der Waals surface area contributed by atoms with E-state index in [9.17, 15) is 4.79 Å². The molecule has 122 valence electrons. The molecular weight excluding hydrogens is 298 g/mol. The summed E-state index contributed by atoms with van der Waals surface area (Å²) in [5.41, 5.74) is 3.26. The van der Waals surface area contributed by atoms with Gasteiger partial charge in [0, 0.05) is 0 Å². The molecule has 0 aliphatic heterocycles. The zero-order valence-electron chi connectivity index (χ0n) is 13.8. The molecule has 0 saturated heterocycles. The molecule has 0 aromatic heterocycles. The Labute approximate surface area is 138 Å². The van der Waals surface area contributed by atoms with Gasteiger partial charge in [-0.3, -0.25) is 9.69 Å². The number of hydrogen-bond donors (Lipinski definition) is 0.